The second kappa shape index (κ2) is 8.29. The van der Waals surface area contributed by atoms with Crippen LogP contribution >= 0.6 is 11.8 Å². The summed E-state index contributed by atoms with van der Waals surface area (Å²) in [6.07, 6.45) is 0.546. The molecule has 5 heteroatoms. The van der Waals surface area contributed by atoms with Crippen molar-refractivity contribution < 1.29 is 4.79 Å². The number of hydrogen-bond acceptors (Lipinski definition) is 4. The molecule has 1 aromatic carbocycles. The molecule has 2 rings (SSSR count). The molecule has 0 aromatic heterocycles. The Bertz CT molecular complexity index is 439. The third-order valence-electron chi connectivity index (χ3n) is 3.71. The number of carbonyl (C=O) groups excluding carboxylic acids is 1. The van der Waals surface area contributed by atoms with Crippen molar-refractivity contribution in [2.45, 2.75) is 26.3 Å². The number of benzene rings is 1. The van der Waals surface area contributed by atoms with E-state index in [9.17, 15) is 4.79 Å². The van der Waals surface area contributed by atoms with Gasteiger partial charge >= 0.3 is 0 Å². The molecule has 4 nitrogen and oxygen atoms in total. The van der Waals surface area contributed by atoms with Crippen LogP contribution in [-0.4, -0.2) is 43.1 Å². The highest BCUT2D eigenvalue weighted by molar-refractivity contribution is 7.99. The largest absolute Gasteiger partial charge is 0.372 e. The second-order valence-electron chi connectivity index (χ2n) is 5.20. The van der Waals surface area contributed by atoms with E-state index in [4.69, 9.17) is 0 Å². The summed E-state index contributed by atoms with van der Waals surface area (Å²) in [6, 6.07) is 8.40. The van der Waals surface area contributed by atoms with Gasteiger partial charge in [-0.2, -0.15) is 11.8 Å². The summed E-state index contributed by atoms with van der Waals surface area (Å²) in [6.45, 7) is 7.28. The number of thioether (sulfide) groups is 1. The van der Waals surface area contributed by atoms with Gasteiger partial charge in [-0.1, -0.05) is 0 Å². The van der Waals surface area contributed by atoms with Crippen LogP contribution in [0.15, 0.2) is 24.3 Å². The first-order valence-corrected chi connectivity index (χ1v) is 8.84. The van der Waals surface area contributed by atoms with Gasteiger partial charge in [-0.25, -0.2) is 0 Å². The van der Waals surface area contributed by atoms with Gasteiger partial charge in [0, 0.05) is 55.0 Å². The summed E-state index contributed by atoms with van der Waals surface area (Å²) < 4.78 is 0. The Hall–Kier alpha value is -1.20. The maximum atomic E-state index is 12.0. The zero-order valence-electron chi connectivity index (χ0n) is 12.9. The normalized spacial score (nSPS) is 18.3. The zero-order valence-corrected chi connectivity index (χ0v) is 13.7. The van der Waals surface area contributed by atoms with Crippen LogP contribution in [0.2, 0.25) is 0 Å². The Balaban J connectivity index is 1.86. The molecular weight excluding hydrogens is 282 g/mol. The molecule has 0 saturated carbocycles. The van der Waals surface area contributed by atoms with Crippen LogP contribution in [-0.2, 0) is 4.79 Å². The van der Waals surface area contributed by atoms with Crippen LogP contribution in [0, 0.1) is 0 Å². The van der Waals surface area contributed by atoms with Crippen LogP contribution in [0.5, 0.6) is 0 Å². The topological polar surface area (TPSA) is 44.4 Å². The molecule has 1 aromatic rings. The fourth-order valence-electron chi connectivity index (χ4n) is 2.53. The van der Waals surface area contributed by atoms with Gasteiger partial charge in [-0.15, -0.1) is 0 Å². The van der Waals surface area contributed by atoms with Crippen LogP contribution < -0.4 is 15.5 Å². The summed E-state index contributed by atoms with van der Waals surface area (Å²) in [4.78, 5) is 14.3. The molecule has 21 heavy (non-hydrogen) atoms. The second-order valence-corrected chi connectivity index (χ2v) is 6.35. The van der Waals surface area contributed by atoms with Crippen LogP contribution in [0.4, 0.5) is 11.4 Å². The Morgan fingerprint density at radius 3 is 2.62 bits per heavy atom. The predicted octanol–water partition coefficient (Wildman–Crippen LogP) is 2.57. The summed E-state index contributed by atoms with van der Waals surface area (Å²) in [5.41, 5.74) is 2.07. The molecule has 1 heterocycles. The van der Waals surface area contributed by atoms with Gasteiger partial charge in [0.1, 0.15) is 0 Å². The monoisotopic (exact) mass is 307 g/mol. The third kappa shape index (κ3) is 4.93. The van der Waals surface area contributed by atoms with E-state index in [-0.39, 0.29) is 5.91 Å². The molecule has 1 aliphatic heterocycles. The summed E-state index contributed by atoms with van der Waals surface area (Å²) >= 11 is 1.91. The van der Waals surface area contributed by atoms with E-state index in [1.54, 1.807) is 0 Å². The van der Waals surface area contributed by atoms with Gasteiger partial charge in [0.05, 0.1) is 0 Å². The quantitative estimate of drug-likeness (QED) is 0.848. The van der Waals surface area contributed by atoms with Crippen molar-refractivity contribution in [1.82, 2.24) is 5.32 Å². The molecule has 2 N–H and O–H groups in total. The average molecular weight is 307 g/mol. The van der Waals surface area contributed by atoms with Gasteiger partial charge in [0.15, 0.2) is 0 Å². The lowest BCUT2D eigenvalue weighted by Gasteiger charge is -2.23. The Morgan fingerprint density at radius 1 is 1.33 bits per heavy atom. The Morgan fingerprint density at radius 2 is 2.05 bits per heavy atom. The van der Waals surface area contributed by atoms with Crippen molar-refractivity contribution in [3.63, 3.8) is 0 Å². The van der Waals surface area contributed by atoms with E-state index >= 15 is 0 Å². The highest BCUT2D eigenvalue weighted by Crippen LogP contribution is 2.18. The lowest BCUT2D eigenvalue weighted by Crippen LogP contribution is -2.39. The summed E-state index contributed by atoms with van der Waals surface area (Å²) in [5, 5.41) is 6.37. The minimum Gasteiger partial charge on any atom is -0.372 e. The van der Waals surface area contributed by atoms with E-state index in [1.165, 1.54) is 5.69 Å². The van der Waals surface area contributed by atoms with Crippen molar-refractivity contribution in [3.05, 3.63) is 24.3 Å². The molecule has 0 bridgehead atoms. The molecule has 116 valence electrons. The first kappa shape index (κ1) is 16.2. The standard InChI is InChI=1S/C16H25N3OS/c1-3-19(4-2)15-7-5-13(6-8-15)18-16(20)11-14-12-21-10-9-17-14/h5-8,14,17H,3-4,9-12H2,1-2H3,(H,18,20). The predicted molar refractivity (Wildman–Crippen MR) is 92.4 cm³/mol. The highest BCUT2D eigenvalue weighted by atomic mass is 32.2. The molecule has 1 amide bonds. The van der Waals surface area contributed by atoms with Crippen molar-refractivity contribution in [3.8, 4) is 0 Å². The molecule has 0 radical (unpaired) electrons. The minimum absolute atomic E-state index is 0.0885. The lowest BCUT2D eigenvalue weighted by molar-refractivity contribution is -0.116. The average Bonchev–Trinajstić information content (AvgIpc) is 2.51. The maximum absolute atomic E-state index is 12.0. The number of rotatable bonds is 6. The van der Waals surface area contributed by atoms with Crippen LogP contribution in [0.3, 0.4) is 0 Å². The lowest BCUT2D eigenvalue weighted by atomic mass is 10.2. The van der Waals surface area contributed by atoms with E-state index < -0.39 is 0 Å². The number of amides is 1. The summed E-state index contributed by atoms with van der Waals surface area (Å²) in [7, 11) is 0. The zero-order chi connectivity index (χ0) is 15.1. The van der Waals surface area contributed by atoms with Gasteiger partial charge in [-0.3, -0.25) is 4.79 Å². The highest BCUT2D eigenvalue weighted by Gasteiger charge is 2.16. The van der Waals surface area contributed by atoms with E-state index in [2.05, 4.69) is 41.5 Å². The van der Waals surface area contributed by atoms with Crippen LogP contribution in [0.1, 0.15) is 20.3 Å². The summed E-state index contributed by atoms with van der Waals surface area (Å²) in [5.74, 6) is 2.25. The van der Waals surface area contributed by atoms with Crippen molar-refractivity contribution in [2.24, 2.45) is 0 Å². The fraction of sp³-hybridized carbons (Fsp3) is 0.562. The Labute approximate surface area is 131 Å². The SMILES string of the molecule is CCN(CC)c1ccc(NC(=O)CC2CSCCN2)cc1. The van der Waals surface area contributed by atoms with E-state index in [0.717, 1.165) is 36.8 Å². The molecule has 1 aliphatic rings. The van der Waals surface area contributed by atoms with Gasteiger partial charge in [-0.05, 0) is 38.1 Å². The van der Waals surface area contributed by atoms with Gasteiger partial charge in [0.2, 0.25) is 5.91 Å². The molecule has 0 aliphatic carbocycles. The molecule has 1 fully saturated rings. The number of anilines is 2. The van der Waals surface area contributed by atoms with Crippen molar-refractivity contribution in [2.75, 3.05) is 41.4 Å². The van der Waals surface area contributed by atoms with E-state index in [0.29, 0.717) is 12.5 Å². The molecule has 1 unspecified atom stereocenters. The third-order valence-corrected chi connectivity index (χ3v) is 4.84. The van der Waals surface area contributed by atoms with Gasteiger partial charge < -0.3 is 15.5 Å². The molecule has 0 spiro atoms. The molecular formula is C16H25N3OS. The first-order chi connectivity index (χ1) is 10.2. The van der Waals surface area contributed by atoms with Crippen molar-refractivity contribution in [1.29, 1.82) is 0 Å². The minimum atomic E-state index is 0.0885. The number of hydrogen-bond donors (Lipinski definition) is 2. The fourth-order valence-corrected chi connectivity index (χ4v) is 3.48. The first-order valence-electron chi connectivity index (χ1n) is 7.69. The van der Waals surface area contributed by atoms with E-state index in [1.807, 2.05) is 23.9 Å². The van der Waals surface area contributed by atoms with Crippen LogP contribution in [0.25, 0.3) is 0 Å². The Kier molecular flexibility index (Phi) is 6.39. The van der Waals surface area contributed by atoms with Crippen molar-refractivity contribution >= 4 is 29.0 Å². The smallest absolute Gasteiger partial charge is 0.225 e. The van der Waals surface area contributed by atoms with Gasteiger partial charge in [0.25, 0.3) is 0 Å². The maximum Gasteiger partial charge on any atom is 0.225 e. The number of nitrogens with one attached hydrogen (secondary N) is 2. The molecule has 1 atom stereocenters. The number of carbonyl (C=O) groups is 1. The number of nitrogens with zero attached hydrogens (tertiary/aromatic N) is 1. The molecule has 1 saturated heterocycles.